The van der Waals surface area contributed by atoms with Crippen LogP contribution in [0.5, 0.6) is 0 Å². The molecule has 1 fully saturated rings. The number of nitrogens with zero attached hydrogens (tertiary/aromatic N) is 1. The van der Waals surface area contributed by atoms with Gasteiger partial charge in [-0.05, 0) is 66.8 Å². The van der Waals surface area contributed by atoms with Crippen LogP contribution in [-0.2, 0) is 0 Å². The highest BCUT2D eigenvalue weighted by Crippen LogP contribution is 2.38. The summed E-state index contributed by atoms with van der Waals surface area (Å²) < 4.78 is 1.02. The van der Waals surface area contributed by atoms with Crippen molar-refractivity contribution in [2.24, 2.45) is 5.92 Å². The molecule has 1 saturated carbocycles. The van der Waals surface area contributed by atoms with Gasteiger partial charge in [0.1, 0.15) is 0 Å². The Morgan fingerprint density at radius 3 is 2.40 bits per heavy atom. The second kappa shape index (κ2) is 9.22. The molecule has 4 rings (SSSR count). The van der Waals surface area contributed by atoms with E-state index in [1.165, 1.54) is 12.6 Å². The number of hydrogen-bond acceptors (Lipinski definition) is 3. The van der Waals surface area contributed by atoms with E-state index in [9.17, 15) is 9.59 Å². The Kier molecular flexibility index (Phi) is 6.23. The standard InChI is InChI=1S/C24H22BrN3O2/c25-20-11-9-17(10-12-20)22(16-4-1-5-16)28-23(29)18-6-2-8-21(14-18)27-24(30)19-7-3-13-26-15-19/h2-3,6-16,22H,1,4-5H2,(H,27,30)(H,28,29). The van der Waals surface area contributed by atoms with Crippen LogP contribution in [0, 0.1) is 5.92 Å². The van der Waals surface area contributed by atoms with Crippen LogP contribution in [0.2, 0.25) is 0 Å². The fraction of sp³-hybridized carbons (Fsp3) is 0.208. The van der Waals surface area contributed by atoms with Crippen molar-refractivity contribution in [3.05, 3.63) is 94.2 Å². The molecule has 30 heavy (non-hydrogen) atoms. The molecule has 1 unspecified atom stereocenters. The van der Waals surface area contributed by atoms with E-state index in [2.05, 4.69) is 43.7 Å². The molecular formula is C24H22BrN3O2. The van der Waals surface area contributed by atoms with E-state index in [1.54, 1.807) is 42.6 Å². The molecule has 5 nitrogen and oxygen atoms in total. The fourth-order valence-corrected chi connectivity index (χ4v) is 3.84. The Bertz CT molecular complexity index is 1030. The zero-order valence-corrected chi connectivity index (χ0v) is 17.9. The first-order valence-electron chi connectivity index (χ1n) is 9.98. The van der Waals surface area contributed by atoms with Crippen LogP contribution in [0.4, 0.5) is 5.69 Å². The summed E-state index contributed by atoms with van der Waals surface area (Å²) in [6.07, 6.45) is 6.55. The molecule has 2 amide bonds. The van der Waals surface area contributed by atoms with Gasteiger partial charge in [-0.1, -0.05) is 40.5 Å². The van der Waals surface area contributed by atoms with Crippen molar-refractivity contribution in [3.8, 4) is 0 Å². The van der Waals surface area contributed by atoms with E-state index in [-0.39, 0.29) is 17.9 Å². The maximum atomic E-state index is 13.0. The van der Waals surface area contributed by atoms with Gasteiger partial charge in [0.05, 0.1) is 11.6 Å². The summed E-state index contributed by atoms with van der Waals surface area (Å²) in [5, 5.41) is 6.03. The van der Waals surface area contributed by atoms with E-state index < -0.39 is 0 Å². The lowest BCUT2D eigenvalue weighted by atomic mass is 9.77. The van der Waals surface area contributed by atoms with Crippen molar-refractivity contribution >= 4 is 33.4 Å². The molecule has 0 radical (unpaired) electrons. The van der Waals surface area contributed by atoms with Crippen LogP contribution < -0.4 is 10.6 Å². The number of hydrogen-bond donors (Lipinski definition) is 2. The topological polar surface area (TPSA) is 71.1 Å². The monoisotopic (exact) mass is 463 g/mol. The van der Waals surface area contributed by atoms with Gasteiger partial charge in [0, 0.05) is 28.1 Å². The van der Waals surface area contributed by atoms with Crippen LogP contribution in [0.15, 0.2) is 77.5 Å². The lowest BCUT2D eigenvalue weighted by Crippen LogP contribution is -2.36. The van der Waals surface area contributed by atoms with Crippen molar-refractivity contribution in [2.45, 2.75) is 25.3 Å². The van der Waals surface area contributed by atoms with E-state index in [1.807, 2.05) is 12.1 Å². The van der Waals surface area contributed by atoms with Crippen molar-refractivity contribution in [2.75, 3.05) is 5.32 Å². The van der Waals surface area contributed by atoms with Crippen LogP contribution in [-0.4, -0.2) is 16.8 Å². The van der Waals surface area contributed by atoms with E-state index in [4.69, 9.17) is 0 Å². The van der Waals surface area contributed by atoms with E-state index >= 15 is 0 Å². The van der Waals surface area contributed by atoms with Crippen LogP contribution in [0.1, 0.15) is 51.6 Å². The minimum atomic E-state index is -0.261. The van der Waals surface area contributed by atoms with Gasteiger partial charge in [-0.15, -0.1) is 0 Å². The van der Waals surface area contributed by atoms with Crippen molar-refractivity contribution < 1.29 is 9.59 Å². The minimum Gasteiger partial charge on any atom is -0.345 e. The molecule has 0 aliphatic heterocycles. The number of pyridine rings is 1. The normalized spacial score (nSPS) is 14.4. The first-order valence-corrected chi connectivity index (χ1v) is 10.8. The third kappa shape index (κ3) is 4.76. The zero-order valence-electron chi connectivity index (χ0n) is 16.3. The molecule has 1 aliphatic carbocycles. The maximum absolute atomic E-state index is 13.0. The van der Waals surface area contributed by atoms with Crippen LogP contribution in [0.3, 0.4) is 0 Å². The fourth-order valence-electron chi connectivity index (χ4n) is 3.58. The summed E-state index contributed by atoms with van der Waals surface area (Å²) in [5.74, 6) is 0.0405. The van der Waals surface area contributed by atoms with Gasteiger partial charge in [0.25, 0.3) is 11.8 Å². The summed E-state index contributed by atoms with van der Waals surface area (Å²) in [6.45, 7) is 0. The Balaban J connectivity index is 1.49. The first kappa shape index (κ1) is 20.3. The largest absolute Gasteiger partial charge is 0.345 e. The third-order valence-corrected chi connectivity index (χ3v) is 5.97. The second-order valence-electron chi connectivity index (χ2n) is 7.47. The molecule has 0 spiro atoms. The molecule has 1 heterocycles. The average Bonchev–Trinajstić information content (AvgIpc) is 2.73. The summed E-state index contributed by atoms with van der Waals surface area (Å²) in [7, 11) is 0. The average molecular weight is 464 g/mol. The summed E-state index contributed by atoms with van der Waals surface area (Å²) >= 11 is 3.47. The van der Waals surface area contributed by atoms with E-state index in [0.717, 1.165) is 22.9 Å². The molecule has 6 heteroatoms. The maximum Gasteiger partial charge on any atom is 0.257 e. The molecule has 3 aromatic rings. The van der Waals surface area contributed by atoms with Gasteiger partial charge in [-0.25, -0.2) is 0 Å². The summed E-state index contributed by atoms with van der Waals surface area (Å²) in [6, 6.07) is 18.5. The number of carbonyl (C=O) groups excluding carboxylic acids is 2. The van der Waals surface area contributed by atoms with Crippen molar-refractivity contribution in [3.63, 3.8) is 0 Å². The number of aromatic nitrogens is 1. The van der Waals surface area contributed by atoms with Crippen LogP contribution in [0.25, 0.3) is 0 Å². The molecule has 2 aromatic carbocycles. The van der Waals surface area contributed by atoms with Gasteiger partial charge >= 0.3 is 0 Å². The van der Waals surface area contributed by atoms with Crippen molar-refractivity contribution in [1.82, 2.24) is 10.3 Å². The molecule has 1 aliphatic rings. The summed E-state index contributed by atoms with van der Waals surface area (Å²) in [5.41, 5.74) is 2.66. The third-order valence-electron chi connectivity index (χ3n) is 5.44. The molecule has 2 N–H and O–H groups in total. The quantitative estimate of drug-likeness (QED) is 0.516. The number of anilines is 1. The minimum absolute atomic E-state index is 0.0204. The lowest BCUT2D eigenvalue weighted by Gasteiger charge is -2.34. The Morgan fingerprint density at radius 2 is 1.73 bits per heavy atom. The van der Waals surface area contributed by atoms with Gasteiger partial charge in [-0.3, -0.25) is 14.6 Å². The SMILES string of the molecule is O=C(Nc1cccc(C(=O)NC(c2ccc(Br)cc2)C2CCC2)c1)c1cccnc1. The molecule has 0 saturated heterocycles. The molecular weight excluding hydrogens is 442 g/mol. The Labute approximate surface area is 184 Å². The highest BCUT2D eigenvalue weighted by molar-refractivity contribution is 9.10. The number of amides is 2. The van der Waals surface area contributed by atoms with Gasteiger partial charge in [0.15, 0.2) is 0 Å². The number of benzene rings is 2. The van der Waals surface area contributed by atoms with Gasteiger partial charge in [-0.2, -0.15) is 0 Å². The Hall–Kier alpha value is -2.99. The van der Waals surface area contributed by atoms with Gasteiger partial charge in [0.2, 0.25) is 0 Å². The van der Waals surface area contributed by atoms with E-state index in [0.29, 0.717) is 22.7 Å². The predicted molar refractivity (Wildman–Crippen MR) is 120 cm³/mol. The lowest BCUT2D eigenvalue weighted by molar-refractivity contribution is 0.0900. The highest BCUT2D eigenvalue weighted by Gasteiger charge is 2.30. The number of carbonyl (C=O) groups is 2. The number of nitrogens with one attached hydrogen (secondary N) is 2. The zero-order chi connectivity index (χ0) is 20.9. The second-order valence-corrected chi connectivity index (χ2v) is 8.39. The molecule has 0 bridgehead atoms. The molecule has 152 valence electrons. The van der Waals surface area contributed by atoms with Gasteiger partial charge < -0.3 is 10.6 Å². The highest BCUT2D eigenvalue weighted by atomic mass is 79.9. The summed E-state index contributed by atoms with van der Waals surface area (Å²) in [4.78, 5) is 29.3. The molecule has 1 atom stereocenters. The smallest absolute Gasteiger partial charge is 0.257 e. The van der Waals surface area contributed by atoms with Crippen molar-refractivity contribution in [1.29, 1.82) is 0 Å². The Morgan fingerprint density at radius 1 is 0.967 bits per heavy atom. The number of halogens is 1. The van der Waals surface area contributed by atoms with Crippen LogP contribution >= 0.6 is 15.9 Å². The first-order chi connectivity index (χ1) is 14.6. The predicted octanol–water partition coefficient (Wildman–Crippen LogP) is 5.37. The molecule has 1 aromatic heterocycles. The number of rotatable bonds is 6.